The minimum Gasteiger partial charge on any atom is -0.368 e. The fourth-order valence-corrected chi connectivity index (χ4v) is 0.278. The molecule has 1 rings (SSSR count). The van der Waals surface area contributed by atoms with Crippen LogP contribution in [0.2, 0.25) is 0 Å². The third kappa shape index (κ3) is 1.39. The molecule has 1 heterocycles. The van der Waals surface area contributed by atoms with E-state index in [1.165, 1.54) is 0 Å². The molecule has 1 aromatic heterocycles. The zero-order chi connectivity index (χ0) is 3.54. The zero-order valence-corrected chi connectivity index (χ0v) is 5.54. The summed E-state index contributed by atoms with van der Waals surface area (Å²) in [7, 11) is 0. The van der Waals surface area contributed by atoms with Crippen LogP contribution in [0.25, 0.3) is 0 Å². The van der Waals surface area contributed by atoms with Crippen molar-refractivity contribution >= 4 is 0 Å². The Kier molecular flexibility index (Phi) is 3.10. The van der Waals surface area contributed by atoms with Gasteiger partial charge < -0.3 is 4.98 Å². The molecule has 0 bridgehead atoms. The van der Waals surface area contributed by atoms with Crippen LogP contribution in [-0.4, -0.2) is 4.98 Å². The summed E-state index contributed by atoms with van der Waals surface area (Å²) < 4.78 is 0. The molecular formula is C4H5IrN. The topological polar surface area (TPSA) is 15.8 Å². The average Bonchev–Trinajstić information content (AvgIpc) is 1.76. The second-order valence-electron chi connectivity index (χ2n) is 0.885. The van der Waals surface area contributed by atoms with Gasteiger partial charge in [-0.2, -0.15) is 0 Å². The van der Waals surface area contributed by atoms with Gasteiger partial charge in [-0.25, -0.2) is 0 Å². The Morgan fingerprint density at radius 1 is 1.00 bits per heavy atom. The fraction of sp³-hybridized carbons (Fsp3) is 0. The molecule has 0 fully saturated rings. The molecule has 0 atom stereocenters. The number of hydrogen-bond acceptors (Lipinski definition) is 0. The van der Waals surface area contributed by atoms with E-state index in [1.807, 2.05) is 24.5 Å². The van der Waals surface area contributed by atoms with E-state index in [0.717, 1.165) is 0 Å². The molecule has 0 unspecified atom stereocenters. The van der Waals surface area contributed by atoms with Crippen molar-refractivity contribution in [3.05, 3.63) is 24.5 Å². The van der Waals surface area contributed by atoms with Gasteiger partial charge in [-0.1, -0.05) is 0 Å². The summed E-state index contributed by atoms with van der Waals surface area (Å²) in [6.45, 7) is 0. The number of aromatic amines is 1. The summed E-state index contributed by atoms with van der Waals surface area (Å²) in [5.74, 6) is 0. The largest absolute Gasteiger partial charge is 0.368 e. The van der Waals surface area contributed by atoms with Crippen LogP contribution in [0.5, 0.6) is 0 Å². The van der Waals surface area contributed by atoms with Gasteiger partial charge in [0.05, 0.1) is 0 Å². The predicted octanol–water partition coefficient (Wildman–Crippen LogP) is 1.01. The van der Waals surface area contributed by atoms with Gasteiger partial charge in [-0.3, -0.25) is 0 Å². The van der Waals surface area contributed by atoms with Crippen LogP contribution in [0.4, 0.5) is 0 Å². The van der Waals surface area contributed by atoms with Gasteiger partial charge in [0.1, 0.15) is 0 Å². The Balaban J connectivity index is 0.000000250. The predicted molar refractivity (Wildman–Crippen MR) is 20.8 cm³/mol. The third-order valence-electron chi connectivity index (χ3n) is 0.496. The molecular weight excluding hydrogens is 254 g/mol. The van der Waals surface area contributed by atoms with Crippen LogP contribution in [0, 0.1) is 0 Å². The third-order valence-corrected chi connectivity index (χ3v) is 0.496. The van der Waals surface area contributed by atoms with Crippen LogP contribution < -0.4 is 0 Å². The first-order valence-electron chi connectivity index (χ1n) is 1.58. The summed E-state index contributed by atoms with van der Waals surface area (Å²) in [6, 6.07) is 3.89. The molecule has 2 heteroatoms. The van der Waals surface area contributed by atoms with Crippen LogP contribution in [0.1, 0.15) is 0 Å². The molecule has 1 nitrogen and oxygen atoms in total. The van der Waals surface area contributed by atoms with Gasteiger partial charge >= 0.3 is 0 Å². The van der Waals surface area contributed by atoms with Crippen LogP contribution in [0.15, 0.2) is 24.5 Å². The van der Waals surface area contributed by atoms with E-state index in [0.29, 0.717) is 0 Å². The van der Waals surface area contributed by atoms with Crippen molar-refractivity contribution in [3.8, 4) is 0 Å². The minimum absolute atomic E-state index is 0. The fourth-order valence-electron chi connectivity index (χ4n) is 0.278. The number of rotatable bonds is 0. The van der Waals surface area contributed by atoms with Crippen LogP contribution in [0.3, 0.4) is 0 Å². The van der Waals surface area contributed by atoms with Crippen LogP contribution in [-0.2, 0) is 20.1 Å². The smallest absolute Gasteiger partial charge is 0.000496 e. The number of hydrogen-bond donors (Lipinski definition) is 1. The van der Waals surface area contributed by atoms with Gasteiger partial charge in [-0.15, -0.1) is 0 Å². The van der Waals surface area contributed by atoms with Gasteiger partial charge in [0, 0.05) is 32.5 Å². The number of H-pyrrole nitrogens is 1. The molecule has 1 aromatic rings. The SMILES string of the molecule is [Ir].c1cc[nH]c1. The average molecular weight is 259 g/mol. The van der Waals surface area contributed by atoms with Crippen molar-refractivity contribution in [1.82, 2.24) is 4.98 Å². The van der Waals surface area contributed by atoms with Gasteiger partial charge in [0.25, 0.3) is 0 Å². The maximum Gasteiger partial charge on any atom is 0.000496 e. The van der Waals surface area contributed by atoms with Crippen molar-refractivity contribution in [3.63, 3.8) is 0 Å². The maximum absolute atomic E-state index is 2.86. The summed E-state index contributed by atoms with van der Waals surface area (Å²) in [4.78, 5) is 2.86. The first-order valence-corrected chi connectivity index (χ1v) is 1.58. The molecule has 1 radical (unpaired) electrons. The molecule has 0 amide bonds. The molecule has 0 aliphatic rings. The first-order chi connectivity index (χ1) is 2.50. The van der Waals surface area contributed by atoms with E-state index >= 15 is 0 Å². The van der Waals surface area contributed by atoms with E-state index in [-0.39, 0.29) is 20.1 Å². The molecule has 1 N–H and O–H groups in total. The Morgan fingerprint density at radius 2 is 1.50 bits per heavy atom. The minimum atomic E-state index is 0. The Morgan fingerprint density at radius 3 is 1.67 bits per heavy atom. The van der Waals surface area contributed by atoms with E-state index in [4.69, 9.17) is 0 Å². The second-order valence-corrected chi connectivity index (χ2v) is 0.885. The van der Waals surface area contributed by atoms with E-state index in [2.05, 4.69) is 4.98 Å². The molecule has 0 saturated carbocycles. The standard InChI is InChI=1S/C4H5N.Ir/c1-2-4-5-3-1;/h1-5H;. The summed E-state index contributed by atoms with van der Waals surface area (Å²) in [5.41, 5.74) is 0. The van der Waals surface area contributed by atoms with Gasteiger partial charge in [-0.05, 0) is 12.1 Å². The van der Waals surface area contributed by atoms with E-state index in [1.54, 1.807) is 0 Å². The molecule has 0 saturated heterocycles. The molecule has 6 heavy (non-hydrogen) atoms. The Labute approximate surface area is 50.1 Å². The van der Waals surface area contributed by atoms with Crippen molar-refractivity contribution < 1.29 is 20.1 Å². The Bertz CT molecular complexity index is 64.0. The van der Waals surface area contributed by atoms with Crippen LogP contribution >= 0.6 is 0 Å². The number of aromatic nitrogens is 1. The van der Waals surface area contributed by atoms with Gasteiger partial charge in [0.2, 0.25) is 0 Å². The zero-order valence-electron chi connectivity index (χ0n) is 3.14. The van der Waals surface area contributed by atoms with Crippen molar-refractivity contribution in [1.29, 1.82) is 0 Å². The second kappa shape index (κ2) is 3.13. The van der Waals surface area contributed by atoms with Crippen molar-refractivity contribution in [2.45, 2.75) is 0 Å². The first kappa shape index (κ1) is 5.93. The molecule has 0 aliphatic heterocycles. The van der Waals surface area contributed by atoms with E-state index < -0.39 is 0 Å². The Hall–Kier alpha value is -0.0706. The molecule has 0 aliphatic carbocycles. The molecule has 35 valence electrons. The quantitative estimate of drug-likeness (QED) is 0.716. The van der Waals surface area contributed by atoms with E-state index in [9.17, 15) is 0 Å². The normalized spacial score (nSPS) is 6.67. The van der Waals surface area contributed by atoms with Gasteiger partial charge in [0.15, 0.2) is 0 Å². The van der Waals surface area contributed by atoms with Crippen molar-refractivity contribution in [2.24, 2.45) is 0 Å². The summed E-state index contributed by atoms with van der Waals surface area (Å²) >= 11 is 0. The summed E-state index contributed by atoms with van der Waals surface area (Å²) in [6.07, 6.45) is 3.75. The summed E-state index contributed by atoms with van der Waals surface area (Å²) in [5, 5.41) is 0. The monoisotopic (exact) mass is 260 g/mol. The maximum atomic E-state index is 2.86. The molecule has 0 aromatic carbocycles. The number of nitrogens with one attached hydrogen (secondary N) is 1. The van der Waals surface area contributed by atoms with Crippen molar-refractivity contribution in [2.75, 3.05) is 0 Å². The molecule has 0 spiro atoms.